The van der Waals surface area contributed by atoms with E-state index in [-0.39, 0.29) is 19.0 Å². The van der Waals surface area contributed by atoms with Crippen molar-refractivity contribution in [2.45, 2.75) is 26.5 Å². The lowest BCUT2D eigenvalue weighted by Gasteiger charge is -2.15. The predicted octanol–water partition coefficient (Wildman–Crippen LogP) is 1.32. The quantitative estimate of drug-likeness (QED) is 0.922. The average molecular weight is 288 g/mol. The van der Waals surface area contributed by atoms with E-state index in [1.54, 1.807) is 25.1 Å². The predicted molar refractivity (Wildman–Crippen MR) is 75.5 cm³/mol. The van der Waals surface area contributed by atoms with Gasteiger partial charge in [0.15, 0.2) is 11.5 Å². The first-order valence-corrected chi connectivity index (χ1v) is 6.67. The zero-order valence-corrected chi connectivity index (χ0v) is 11.9. The van der Waals surface area contributed by atoms with E-state index in [2.05, 4.69) is 4.98 Å². The van der Waals surface area contributed by atoms with E-state index in [0.29, 0.717) is 22.8 Å². The lowest BCUT2D eigenvalue weighted by molar-refractivity contribution is 0.152. The molecule has 110 valence electrons. The number of nitrogens with zero attached hydrogens (tertiary/aromatic N) is 2. The molecule has 2 heterocycles. The number of fused-ring (bicyclic) bond motifs is 1. The Morgan fingerprint density at radius 1 is 1.29 bits per heavy atom. The number of aliphatic hydroxyl groups excluding tert-OH is 1. The number of hydrogen-bond donors (Lipinski definition) is 1. The first-order chi connectivity index (χ1) is 10.0. The molecule has 0 radical (unpaired) electrons. The maximum Gasteiger partial charge on any atom is 0.348 e. The topological polar surface area (TPSA) is 73.6 Å². The second-order valence-corrected chi connectivity index (χ2v) is 5.06. The number of aromatic nitrogens is 2. The van der Waals surface area contributed by atoms with E-state index in [9.17, 15) is 9.90 Å². The fourth-order valence-electron chi connectivity index (χ4n) is 2.40. The van der Waals surface area contributed by atoms with Crippen LogP contribution in [0, 0.1) is 13.8 Å². The van der Waals surface area contributed by atoms with Gasteiger partial charge < -0.3 is 14.6 Å². The smallest absolute Gasteiger partial charge is 0.348 e. The molecule has 0 fully saturated rings. The number of rotatable bonds is 3. The summed E-state index contributed by atoms with van der Waals surface area (Å²) in [5.74, 6) is 1.27. The molecule has 6 nitrogen and oxygen atoms in total. The molecular weight excluding hydrogens is 272 g/mol. The molecule has 0 saturated heterocycles. The van der Waals surface area contributed by atoms with E-state index in [4.69, 9.17) is 9.47 Å². The van der Waals surface area contributed by atoms with E-state index >= 15 is 0 Å². The molecule has 0 saturated carbocycles. The van der Waals surface area contributed by atoms with Crippen LogP contribution >= 0.6 is 0 Å². The number of benzene rings is 1. The van der Waals surface area contributed by atoms with Gasteiger partial charge >= 0.3 is 5.69 Å². The Balaban J connectivity index is 1.87. The highest BCUT2D eigenvalue weighted by Crippen LogP contribution is 2.34. The van der Waals surface area contributed by atoms with E-state index < -0.39 is 6.10 Å². The van der Waals surface area contributed by atoms with E-state index in [1.807, 2.05) is 13.0 Å². The Hall–Kier alpha value is -2.34. The van der Waals surface area contributed by atoms with Gasteiger partial charge in [0.25, 0.3) is 0 Å². The van der Waals surface area contributed by atoms with Crippen LogP contribution in [0.4, 0.5) is 0 Å². The highest BCUT2D eigenvalue weighted by atomic mass is 16.7. The monoisotopic (exact) mass is 288 g/mol. The highest BCUT2D eigenvalue weighted by Gasteiger charge is 2.17. The minimum Gasteiger partial charge on any atom is -0.454 e. The minimum absolute atomic E-state index is 0.150. The van der Waals surface area contributed by atoms with Crippen LogP contribution in [0.2, 0.25) is 0 Å². The van der Waals surface area contributed by atoms with Crippen molar-refractivity contribution >= 4 is 0 Å². The summed E-state index contributed by atoms with van der Waals surface area (Å²) in [5, 5.41) is 10.3. The minimum atomic E-state index is -0.819. The molecule has 21 heavy (non-hydrogen) atoms. The van der Waals surface area contributed by atoms with Crippen LogP contribution in [-0.2, 0) is 6.54 Å². The first-order valence-electron chi connectivity index (χ1n) is 6.67. The Morgan fingerprint density at radius 2 is 2.05 bits per heavy atom. The van der Waals surface area contributed by atoms with Gasteiger partial charge in [-0.15, -0.1) is 0 Å². The van der Waals surface area contributed by atoms with Gasteiger partial charge in [0.05, 0.1) is 12.6 Å². The SMILES string of the molecule is Cc1cc(C)n(CC(O)c2ccc3c(c2)OCO3)c(=O)n1. The third-order valence-electron chi connectivity index (χ3n) is 3.48. The summed E-state index contributed by atoms with van der Waals surface area (Å²) in [6, 6.07) is 7.06. The molecule has 1 aromatic carbocycles. The van der Waals surface area contributed by atoms with E-state index in [1.165, 1.54) is 4.57 Å². The van der Waals surface area contributed by atoms with Crippen molar-refractivity contribution < 1.29 is 14.6 Å². The second-order valence-electron chi connectivity index (χ2n) is 5.06. The Bertz CT molecular complexity index is 739. The molecular formula is C15H16N2O4. The molecule has 1 unspecified atom stereocenters. The lowest BCUT2D eigenvalue weighted by atomic mass is 10.1. The van der Waals surface area contributed by atoms with Crippen LogP contribution < -0.4 is 15.2 Å². The highest BCUT2D eigenvalue weighted by molar-refractivity contribution is 5.45. The van der Waals surface area contributed by atoms with Gasteiger partial charge in [-0.1, -0.05) is 6.07 Å². The van der Waals surface area contributed by atoms with Crippen LogP contribution in [0.5, 0.6) is 11.5 Å². The molecule has 0 spiro atoms. The van der Waals surface area contributed by atoms with Gasteiger partial charge in [-0.05, 0) is 37.6 Å². The van der Waals surface area contributed by atoms with Crippen molar-refractivity contribution in [1.29, 1.82) is 0 Å². The summed E-state index contributed by atoms with van der Waals surface area (Å²) >= 11 is 0. The lowest BCUT2D eigenvalue weighted by Crippen LogP contribution is -2.28. The number of aliphatic hydroxyl groups is 1. The summed E-state index contributed by atoms with van der Waals surface area (Å²) in [7, 11) is 0. The summed E-state index contributed by atoms with van der Waals surface area (Å²) in [5.41, 5.74) is 1.76. The molecule has 2 aromatic rings. The van der Waals surface area contributed by atoms with Crippen molar-refractivity contribution in [2.24, 2.45) is 0 Å². The van der Waals surface area contributed by atoms with Crippen molar-refractivity contribution in [1.82, 2.24) is 9.55 Å². The molecule has 3 rings (SSSR count). The van der Waals surface area contributed by atoms with Crippen molar-refractivity contribution in [3.05, 3.63) is 51.7 Å². The molecule has 0 amide bonds. The van der Waals surface area contributed by atoms with Crippen LogP contribution in [0.1, 0.15) is 23.1 Å². The first kappa shape index (κ1) is 13.6. The Morgan fingerprint density at radius 3 is 2.81 bits per heavy atom. The fourth-order valence-corrected chi connectivity index (χ4v) is 2.40. The molecule has 6 heteroatoms. The largest absolute Gasteiger partial charge is 0.454 e. The third-order valence-corrected chi connectivity index (χ3v) is 3.48. The van der Waals surface area contributed by atoms with Gasteiger partial charge in [-0.25, -0.2) is 4.79 Å². The maximum absolute atomic E-state index is 11.9. The molecule has 0 bridgehead atoms. The van der Waals surface area contributed by atoms with Crippen LogP contribution in [0.3, 0.4) is 0 Å². The summed E-state index contributed by atoms with van der Waals surface area (Å²) in [6.45, 7) is 3.93. The number of hydrogen-bond acceptors (Lipinski definition) is 5. The molecule has 1 atom stereocenters. The Kier molecular flexibility index (Phi) is 3.39. The Labute approximate surface area is 121 Å². The zero-order valence-electron chi connectivity index (χ0n) is 11.9. The van der Waals surface area contributed by atoms with Crippen LogP contribution in [-0.4, -0.2) is 21.5 Å². The van der Waals surface area contributed by atoms with Gasteiger partial charge in [0.1, 0.15) is 0 Å². The molecule has 1 aliphatic heterocycles. The van der Waals surface area contributed by atoms with Gasteiger partial charge in [-0.2, -0.15) is 4.98 Å². The summed E-state index contributed by atoms with van der Waals surface area (Å²) in [4.78, 5) is 15.8. The van der Waals surface area contributed by atoms with Gasteiger partial charge in [0, 0.05) is 11.4 Å². The maximum atomic E-state index is 11.9. The van der Waals surface area contributed by atoms with Crippen LogP contribution in [0.25, 0.3) is 0 Å². The van der Waals surface area contributed by atoms with Crippen molar-refractivity contribution in [3.8, 4) is 11.5 Å². The summed E-state index contributed by atoms with van der Waals surface area (Å²) < 4.78 is 12.0. The fraction of sp³-hybridized carbons (Fsp3) is 0.333. The molecule has 0 aliphatic carbocycles. The molecule has 1 aromatic heterocycles. The summed E-state index contributed by atoms with van der Waals surface area (Å²) in [6.07, 6.45) is -0.819. The molecule has 1 aliphatic rings. The standard InChI is InChI=1S/C15H16N2O4/c1-9-5-10(2)17(15(19)16-9)7-12(18)11-3-4-13-14(6-11)21-8-20-13/h3-6,12,18H,7-8H2,1-2H3. The van der Waals surface area contributed by atoms with Crippen LogP contribution in [0.15, 0.2) is 29.1 Å². The number of aryl methyl sites for hydroxylation is 2. The van der Waals surface area contributed by atoms with Crippen molar-refractivity contribution in [3.63, 3.8) is 0 Å². The van der Waals surface area contributed by atoms with Crippen molar-refractivity contribution in [2.75, 3.05) is 6.79 Å². The second kappa shape index (κ2) is 5.21. The molecule has 1 N–H and O–H groups in total. The number of ether oxygens (including phenoxy) is 2. The zero-order chi connectivity index (χ0) is 15.0. The average Bonchev–Trinajstić information content (AvgIpc) is 2.89. The normalized spacial score (nSPS) is 14.2. The van der Waals surface area contributed by atoms with Gasteiger partial charge in [-0.3, -0.25) is 4.57 Å². The van der Waals surface area contributed by atoms with Gasteiger partial charge in [0.2, 0.25) is 6.79 Å². The third kappa shape index (κ3) is 2.62. The van der Waals surface area contributed by atoms with E-state index in [0.717, 1.165) is 5.69 Å².